The molecule has 0 fully saturated rings. The van der Waals surface area contributed by atoms with E-state index in [-0.39, 0.29) is 11.2 Å². The molecule has 0 aliphatic heterocycles. The summed E-state index contributed by atoms with van der Waals surface area (Å²) in [4.78, 5) is 25.4. The monoisotopic (exact) mass is 310 g/mol. The summed E-state index contributed by atoms with van der Waals surface area (Å²) in [5, 5.41) is 0.504. The van der Waals surface area contributed by atoms with Crippen LogP contribution in [-0.2, 0) is 18.2 Å². The second-order valence-electron chi connectivity index (χ2n) is 5.41. The predicted octanol–water partition coefficient (Wildman–Crippen LogP) is 2.09. The van der Waals surface area contributed by atoms with Crippen LogP contribution in [0.3, 0.4) is 0 Å². The first-order valence-electron chi connectivity index (χ1n) is 7.40. The minimum atomic E-state index is -0.645. The normalized spacial score (nSPS) is 12.4. The van der Waals surface area contributed by atoms with E-state index in [1.54, 1.807) is 25.2 Å². The molecule has 0 saturated carbocycles. The van der Waals surface area contributed by atoms with Gasteiger partial charge >= 0.3 is 5.69 Å². The minimum absolute atomic E-state index is 0.327. The number of ether oxygens (including phenoxy) is 1. The maximum absolute atomic E-state index is 12.8. The Labute approximate surface area is 133 Å². The second-order valence-corrected chi connectivity index (χ2v) is 5.41. The Morgan fingerprint density at radius 1 is 1.00 bits per heavy atom. The molecular formula is C18H18N2O3. The van der Waals surface area contributed by atoms with Crippen molar-refractivity contribution in [2.75, 3.05) is 7.11 Å². The molecule has 0 saturated heterocycles. The molecule has 0 radical (unpaired) electrons. The quantitative estimate of drug-likeness (QED) is 0.741. The zero-order chi connectivity index (χ0) is 16.4. The standard InChI is InChI=1S/C18H18N2O3/c1-19-15-11-7-6-10-14(15)17(21)20(18(19)22)16(23-2)12-13-8-4-3-5-9-13/h3-11,16H,12H2,1-2H3. The Morgan fingerprint density at radius 3 is 2.35 bits per heavy atom. The van der Waals surface area contributed by atoms with Gasteiger partial charge in [-0.05, 0) is 17.7 Å². The smallest absolute Gasteiger partial charge is 0.333 e. The molecule has 118 valence electrons. The first-order chi connectivity index (χ1) is 11.1. The fraction of sp³-hybridized carbons (Fsp3) is 0.222. The van der Waals surface area contributed by atoms with Crippen molar-refractivity contribution < 1.29 is 4.74 Å². The molecule has 1 unspecified atom stereocenters. The Morgan fingerprint density at radius 2 is 1.65 bits per heavy atom. The van der Waals surface area contributed by atoms with E-state index in [0.29, 0.717) is 17.3 Å². The number of aryl methyl sites for hydroxylation is 1. The summed E-state index contributed by atoms with van der Waals surface area (Å²) in [5.41, 5.74) is 0.915. The highest BCUT2D eigenvalue weighted by molar-refractivity contribution is 5.77. The molecule has 0 bridgehead atoms. The molecule has 1 atom stereocenters. The van der Waals surface area contributed by atoms with Gasteiger partial charge in [-0.25, -0.2) is 9.36 Å². The molecule has 1 heterocycles. The lowest BCUT2D eigenvalue weighted by molar-refractivity contribution is 0.0376. The van der Waals surface area contributed by atoms with E-state index in [9.17, 15) is 9.59 Å². The van der Waals surface area contributed by atoms with Crippen LogP contribution in [0.1, 0.15) is 11.8 Å². The number of rotatable bonds is 4. The highest BCUT2D eigenvalue weighted by atomic mass is 16.5. The van der Waals surface area contributed by atoms with Crippen LogP contribution in [0.25, 0.3) is 10.9 Å². The fourth-order valence-corrected chi connectivity index (χ4v) is 2.78. The molecule has 0 spiro atoms. The Hall–Kier alpha value is -2.66. The predicted molar refractivity (Wildman–Crippen MR) is 89.6 cm³/mol. The molecule has 23 heavy (non-hydrogen) atoms. The summed E-state index contributed by atoms with van der Waals surface area (Å²) >= 11 is 0. The SMILES string of the molecule is COC(Cc1ccccc1)n1c(=O)c2ccccc2n(C)c1=O. The largest absolute Gasteiger partial charge is 0.361 e. The Bertz CT molecular complexity index is 942. The van der Waals surface area contributed by atoms with Crippen LogP contribution in [-0.4, -0.2) is 16.2 Å². The molecule has 0 aliphatic rings. The summed E-state index contributed by atoms with van der Waals surface area (Å²) in [5.74, 6) is 0. The first kappa shape index (κ1) is 15.2. The van der Waals surface area contributed by atoms with E-state index in [0.717, 1.165) is 5.56 Å². The molecule has 3 aromatic rings. The number of hydrogen-bond acceptors (Lipinski definition) is 3. The van der Waals surface area contributed by atoms with Gasteiger partial charge in [-0.1, -0.05) is 42.5 Å². The maximum Gasteiger partial charge on any atom is 0.333 e. The van der Waals surface area contributed by atoms with Crippen molar-refractivity contribution in [2.45, 2.75) is 12.6 Å². The van der Waals surface area contributed by atoms with E-state index >= 15 is 0 Å². The van der Waals surface area contributed by atoms with E-state index in [4.69, 9.17) is 4.74 Å². The summed E-state index contributed by atoms with van der Waals surface area (Å²) in [6, 6.07) is 16.7. The van der Waals surface area contributed by atoms with Crippen molar-refractivity contribution >= 4 is 10.9 Å². The van der Waals surface area contributed by atoms with Crippen molar-refractivity contribution in [2.24, 2.45) is 7.05 Å². The molecule has 3 rings (SSSR count). The zero-order valence-corrected chi connectivity index (χ0v) is 13.1. The molecule has 0 N–H and O–H groups in total. The van der Waals surface area contributed by atoms with Crippen molar-refractivity contribution in [3.05, 3.63) is 81.0 Å². The van der Waals surface area contributed by atoms with Gasteiger partial charge in [0.2, 0.25) is 0 Å². The number of para-hydroxylation sites is 1. The van der Waals surface area contributed by atoms with Crippen LogP contribution in [0.2, 0.25) is 0 Å². The minimum Gasteiger partial charge on any atom is -0.361 e. The van der Waals surface area contributed by atoms with E-state index in [1.807, 2.05) is 36.4 Å². The van der Waals surface area contributed by atoms with Gasteiger partial charge in [0.25, 0.3) is 5.56 Å². The second kappa shape index (κ2) is 6.22. The summed E-state index contributed by atoms with van der Waals surface area (Å²) in [6.45, 7) is 0. The third kappa shape index (κ3) is 2.71. The van der Waals surface area contributed by atoms with Gasteiger partial charge in [0, 0.05) is 20.6 Å². The highest BCUT2D eigenvalue weighted by Gasteiger charge is 2.19. The molecule has 5 nitrogen and oxygen atoms in total. The molecule has 0 aliphatic carbocycles. The topological polar surface area (TPSA) is 53.2 Å². The maximum atomic E-state index is 12.8. The number of aromatic nitrogens is 2. The van der Waals surface area contributed by atoms with Crippen LogP contribution in [0.5, 0.6) is 0 Å². The third-order valence-corrected chi connectivity index (χ3v) is 4.02. The van der Waals surface area contributed by atoms with Crippen molar-refractivity contribution in [3.8, 4) is 0 Å². The van der Waals surface area contributed by atoms with Gasteiger partial charge in [0.15, 0.2) is 0 Å². The lowest BCUT2D eigenvalue weighted by Gasteiger charge is -2.19. The third-order valence-electron chi connectivity index (χ3n) is 4.02. The van der Waals surface area contributed by atoms with Gasteiger partial charge < -0.3 is 4.74 Å². The summed E-state index contributed by atoms with van der Waals surface area (Å²) in [7, 11) is 3.17. The van der Waals surface area contributed by atoms with Gasteiger partial charge in [-0.15, -0.1) is 0 Å². The molecule has 5 heteroatoms. The first-order valence-corrected chi connectivity index (χ1v) is 7.40. The zero-order valence-electron chi connectivity index (χ0n) is 13.1. The van der Waals surface area contributed by atoms with E-state index < -0.39 is 6.23 Å². The van der Waals surface area contributed by atoms with E-state index in [2.05, 4.69) is 0 Å². The van der Waals surface area contributed by atoms with Crippen LogP contribution >= 0.6 is 0 Å². The number of fused-ring (bicyclic) bond motifs is 1. The van der Waals surface area contributed by atoms with Crippen LogP contribution < -0.4 is 11.2 Å². The summed E-state index contributed by atoms with van der Waals surface area (Å²) < 4.78 is 8.13. The average Bonchev–Trinajstić information content (AvgIpc) is 2.60. The number of nitrogens with zero attached hydrogens (tertiary/aromatic N) is 2. The van der Waals surface area contributed by atoms with E-state index in [1.165, 1.54) is 16.2 Å². The molecule has 1 aromatic heterocycles. The Balaban J connectivity index is 2.18. The number of hydrogen-bond donors (Lipinski definition) is 0. The van der Waals surface area contributed by atoms with Gasteiger partial charge in [-0.3, -0.25) is 9.36 Å². The van der Waals surface area contributed by atoms with Crippen LogP contribution in [0.4, 0.5) is 0 Å². The van der Waals surface area contributed by atoms with Crippen LogP contribution in [0, 0.1) is 0 Å². The Kier molecular flexibility index (Phi) is 4.12. The number of methoxy groups -OCH3 is 1. The van der Waals surface area contributed by atoms with Crippen molar-refractivity contribution in [1.29, 1.82) is 0 Å². The lowest BCUT2D eigenvalue weighted by Crippen LogP contribution is -2.42. The molecular weight excluding hydrogens is 292 g/mol. The van der Waals surface area contributed by atoms with Crippen molar-refractivity contribution in [1.82, 2.24) is 9.13 Å². The van der Waals surface area contributed by atoms with Gasteiger partial charge in [0.05, 0.1) is 10.9 Å². The molecule has 0 amide bonds. The van der Waals surface area contributed by atoms with Crippen molar-refractivity contribution in [3.63, 3.8) is 0 Å². The highest BCUT2D eigenvalue weighted by Crippen LogP contribution is 2.14. The fourth-order valence-electron chi connectivity index (χ4n) is 2.78. The average molecular weight is 310 g/mol. The van der Waals surface area contributed by atoms with Gasteiger partial charge in [0.1, 0.15) is 6.23 Å². The number of benzene rings is 2. The lowest BCUT2D eigenvalue weighted by atomic mass is 10.1. The van der Waals surface area contributed by atoms with Crippen LogP contribution in [0.15, 0.2) is 64.2 Å². The summed E-state index contributed by atoms with van der Waals surface area (Å²) in [6.07, 6.45) is -0.196. The van der Waals surface area contributed by atoms with Gasteiger partial charge in [-0.2, -0.15) is 0 Å². The molecule has 2 aromatic carbocycles.